The van der Waals surface area contributed by atoms with Crippen molar-refractivity contribution in [1.29, 1.82) is 5.26 Å². The quantitative estimate of drug-likeness (QED) is 0.806. The molecule has 0 saturated carbocycles. The van der Waals surface area contributed by atoms with Gasteiger partial charge in [-0.05, 0) is 23.8 Å². The minimum Gasteiger partial charge on any atom is -0.344 e. The largest absolute Gasteiger partial charge is 0.344 e. The Kier molecular flexibility index (Phi) is 4.39. The normalized spacial score (nSPS) is 20.0. The minimum atomic E-state index is -0.518. The van der Waals surface area contributed by atoms with Gasteiger partial charge in [0.15, 0.2) is 0 Å². The van der Waals surface area contributed by atoms with E-state index in [9.17, 15) is 14.4 Å². The molecular weight excluding hydrogens is 349 g/mol. The van der Waals surface area contributed by atoms with Crippen LogP contribution < -0.4 is 4.90 Å². The van der Waals surface area contributed by atoms with Crippen LogP contribution in [-0.4, -0.2) is 23.4 Å². The topological polar surface area (TPSA) is 47.3 Å². The monoisotopic (exact) mass is 365 g/mol. The van der Waals surface area contributed by atoms with Crippen LogP contribution in [0.4, 0.5) is 10.1 Å². The Hall–Kier alpha value is -2.78. The first-order chi connectivity index (χ1) is 12.7. The highest BCUT2D eigenvalue weighted by Crippen LogP contribution is 2.43. The Balaban J connectivity index is 1.70. The first-order valence-corrected chi connectivity index (χ1v) is 9.29. The second-order valence-electron chi connectivity index (χ2n) is 6.22. The van der Waals surface area contributed by atoms with Crippen LogP contribution in [0.25, 0.3) is 0 Å². The molecule has 0 spiro atoms. The Bertz CT molecular complexity index is 922. The second kappa shape index (κ2) is 6.85. The van der Waals surface area contributed by atoms with Gasteiger partial charge in [0.05, 0.1) is 29.2 Å². The standard InChI is InChI=1S/C20H16FN3OS/c21-18-9-5-4-8-15(18)16-10-19(25)24-12-23(14-6-2-1-3-7-14)13-26-20(24)17(16)11-22/h1-9,16H,10,12-13H2/t16-/m0/s1. The van der Waals surface area contributed by atoms with Crippen LogP contribution in [0.1, 0.15) is 17.9 Å². The van der Waals surface area contributed by atoms with Gasteiger partial charge in [0, 0.05) is 18.0 Å². The molecule has 26 heavy (non-hydrogen) atoms. The number of para-hydroxylation sites is 1. The van der Waals surface area contributed by atoms with Crippen LogP contribution in [-0.2, 0) is 4.79 Å². The van der Waals surface area contributed by atoms with Gasteiger partial charge < -0.3 is 4.90 Å². The molecule has 2 aromatic carbocycles. The van der Waals surface area contributed by atoms with Gasteiger partial charge in [-0.1, -0.05) is 48.2 Å². The predicted molar refractivity (Wildman–Crippen MR) is 99.5 cm³/mol. The molecule has 1 fully saturated rings. The van der Waals surface area contributed by atoms with Crippen molar-refractivity contribution >= 4 is 23.4 Å². The highest BCUT2D eigenvalue weighted by molar-refractivity contribution is 8.03. The highest BCUT2D eigenvalue weighted by Gasteiger charge is 2.39. The Morgan fingerprint density at radius 3 is 2.58 bits per heavy atom. The number of hydrogen-bond donors (Lipinski definition) is 0. The van der Waals surface area contributed by atoms with Crippen molar-refractivity contribution in [2.75, 3.05) is 17.4 Å². The minimum absolute atomic E-state index is 0.0830. The summed E-state index contributed by atoms with van der Waals surface area (Å²) in [5, 5.41) is 10.4. The summed E-state index contributed by atoms with van der Waals surface area (Å²) in [5.41, 5.74) is 1.92. The Labute approximate surface area is 155 Å². The number of hydrogen-bond acceptors (Lipinski definition) is 4. The summed E-state index contributed by atoms with van der Waals surface area (Å²) in [6.45, 7) is 0.403. The van der Waals surface area contributed by atoms with Crippen molar-refractivity contribution in [2.24, 2.45) is 0 Å². The lowest BCUT2D eigenvalue weighted by atomic mass is 9.86. The number of thioether (sulfide) groups is 1. The lowest BCUT2D eigenvalue weighted by molar-refractivity contribution is -0.129. The van der Waals surface area contributed by atoms with E-state index >= 15 is 0 Å². The maximum atomic E-state index is 14.2. The molecule has 0 unspecified atom stereocenters. The fraction of sp³-hybridized carbons (Fsp3) is 0.200. The smallest absolute Gasteiger partial charge is 0.229 e. The number of benzene rings is 2. The van der Waals surface area contributed by atoms with Crippen LogP contribution in [0.3, 0.4) is 0 Å². The first-order valence-electron chi connectivity index (χ1n) is 8.31. The molecule has 1 atom stereocenters. The van der Waals surface area contributed by atoms with Crippen LogP contribution in [0, 0.1) is 17.1 Å². The molecule has 0 bridgehead atoms. The molecule has 1 amide bonds. The molecular formula is C20H16FN3OS. The van der Waals surface area contributed by atoms with Crippen LogP contribution in [0.2, 0.25) is 0 Å². The summed E-state index contributed by atoms with van der Waals surface area (Å²) in [5.74, 6) is -0.340. The lowest BCUT2D eigenvalue weighted by Gasteiger charge is -2.42. The predicted octanol–water partition coefficient (Wildman–Crippen LogP) is 4.05. The third-order valence-electron chi connectivity index (χ3n) is 4.70. The van der Waals surface area contributed by atoms with Gasteiger partial charge in [-0.25, -0.2) is 4.39 Å². The van der Waals surface area contributed by atoms with E-state index in [2.05, 4.69) is 11.0 Å². The highest BCUT2D eigenvalue weighted by atomic mass is 32.2. The molecule has 6 heteroatoms. The molecule has 1 saturated heterocycles. The maximum Gasteiger partial charge on any atom is 0.229 e. The zero-order valence-corrected chi connectivity index (χ0v) is 14.7. The molecule has 0 N–H and O–H groups in total. The van der Waals surface area contributed by atoms with Crippen LogP contribution >= 0.6 is 11.8 Å². The number of fused-ring (bicyclic) bond motifs is 1. The average molecular weight is 365 g/mol. The number of carbonyl (C=O) groups excluding carboxylic acids is 1. The van der Waals surface area contributed by atoms with Gasteiger partial charge in [-0.3, -0.25) is 9.69 Å². The number of halogens is 1. The van der Waals surface area contributed by atoms with Gasteiger partial charge in [0.25, 0.3) is 0 Å². The molecule has 4 nitrogen and oxygen atoms in total. The summed E-state index contributed by atoms with van der Waals surface area (Å²) in [6.07, 6.45) is 0.108. The van der Waals surface area contributed by atoms with Gasteiger partial charge in [-0.15, -0.1) is 0 Å². The summed E-state index contributed by atoms with van der Waals surface area (Å²) >= 11 is 1.46. The number of carbonyl (C=O) groups is 1. The van der Waals surface area contributed by atoms with Crippen molar-refractivity contribution in [2.45, 2.75) is 12.3 Å². The summed E-state index contributed by atoms with van der Waals surface area (Å²) in [4.78, 5) is 16.5. The number of nitriles is 1. The Morgan fingerprint density at radius 1 is 1.12 bits per heavy atom. The van der Waals surface area contributed by atoms with Gasteiger partial charge in [0.2, 0.25) is 5.91 Å². The summed E-state index contributed by atoms with van der Waals surface area (Å²) < 4.78 is 14.2. The molecule has 130 valence electrons. The van der Waals surface area contributed by atoms with Gasteiger partial charge in [0.1, 0.15) is 5.82 Å². The van der Waals surface area contributed by atoms with E-state index in [0.717, 1.165) is 5.69 Å². The second-order valence-corrected chi connectivity index (χ2v) is 7.15. The average Bonchev–Trinajstić information content (AvgIpc) is 2.69. The van der Waals surface area contributed by atoms with E-state index in [4.69, 9.17) is 0 Å². The van der Waals surface area contributed by atoms with E-state index in [1.165, 1.54) is 17.8 Å². The molecule has 2 heterocycles. The third-order valence-corrected chi connectivity index (χ3v) is 5.85. The van der Waals surface area contributed by atoms with Crippen LogP contribution in [0.15, 0.2) is 65.2 Å². The van der Waals surface area contributed by atoms with Crippen molar-refractivity contribution in [3.05, 3.63) is 76.6 Å². The van der Waals surface area contributed by atoms with E-state index in [0.29, 0.717) is 28.7 Å². The zero-order chi connectivity index (χ0) is 18.1. The molecule has 0 radical (unpaired) electrons. The molecule has 2 aromatic rings. The third kappa shape index (κ3) is 2.85. The fourth-order valence-corrected chi connectivity index (χ4v) is 4.56. The Morgan fingerprint density at radius 2 is 1.85 bits per heavy atom. The van der Waals surface area contributed by atoms with E-state index in [-0.39, 0.29) is 18.1 Å². The van der Waals surface area contributed by atoms with Gasteiger partial charge in [-0.2, -0.15) is 5.26 Å². The SMILES string of the molecule is N#CC1=C2SCN(c3ccccc3)CN2C(=O)C[C@H]1c1ccccc1F. The summed E-state index contributed by atoms with van der Waals surface area (Å²) in [6, 6.07) is 18.5. The molecule has 2 aliphatic rings. The fourth-order valence-electron chi connectivity index (χ4n) is 3.39. The molecule has 0 aliphatic carbocycles. The van der Waals surface area contributed by atoms with Crippen molar-refractivity contribution in [3.8, 4) is 6.07 Å². The van der Waals surface area contributed by atoms with Crippen LogP contribution in [0.5, 0.6) is 0 Å². The number of anilines is 1. The molecule has 0 aromatic heterocycles. The van der Waals surface area contributed by atoms with E-state index < -0.39 is 5.92 Å². The lowest BCUT2D eigenvalue weighted by Crippen LogP contribution is -2.47. The van der Waals surface area contributed by atoms with Crippen molar-refractivity contribution in [3.63, 3.8) is 0 Å². The van der Waals surface area contributed by atoms with E-state index in [1.54, 1.807) is 23.1 Å². The summed E-state index contributed by atoms with van der Waals surface area (Å²) in [7, 11) is 0. The number of allylic oxidation sites excluding steroid dienone is 1. The van der Waals surface area contributed by atoms with Gasteiger partial charge >= 0.3 is 0 Å². The zero-order valence-electron chi connectivity index (χ0n) is 13.9. The van der Waals surface area contributed by atoms with Crippen molar-refractivity contribution < 1.29 is 9.18 Å². The number of amides is 1. The maximum absolute atomic E-state index is 14.2. The van der Waals surface area contributed by atoms with Crippen molar-refractivity contribution in [1.82, 2.24) is 4.90 Å². The van der Waals surface area contributed by atoms with E-state index in [1.807, 2.05) is 30.3 Å². The molecule has 4 rings (SSSR count). The number of nitrogens with zero attached hydrogens (tertiary/aromatic N) is 3. The first kappa shape index (κ1) is 16.7. The number of rotatable bonds is 2. The molecule has 2 aliphatic heterocycles.